The van der Waals surface area contributed by atoms with Crippen LogP contribution in [-0.4, -0.2) is 46.5 Å². The third-order valence-electron chi connectivity index (χ3n) is 6.31. The second-order valence-electron chi connectivity index (χ2n) is 8.98. The number of fused-ring (bicyclic) bond motifs is 4. The lowest BCUT2D eigenvalue weighted by molar-refractivity contribution is -0.0127. The average Bonchev–Trinajstić information content (AvgIpc) is 3.52. The summed E-state index contributed by atoms with van der Waals surface area (Å²) in [5.41, 5.74) is 6.37. The Hall–Kier alpha value is -4.02. The van der Waals surface area contributed by atoms with Gasteiger partial charge in [-0.25, -0.2) is 19.7 Å². The maximum absolute atomic E-state index is 12.8. The Morgan fingerprint density at radius 2 is 1.97 bits per heavy atom. The molecule has 0 saturated heterocycles. The second-order valence-corrected chi connectivity index (χ2v) is 10.4. The molecule has 0 bridgehead atoms. The highest BCUT2D eigenvalue weighted by molar-refractivity contribution is 7.22. The van der Waals surface area contributed by atoms with Gasteiger partial charge in [-0.15, -0.1) is 11.3 Å². The smallest absolute Gasteiger partial charge is 0.417 e. The predicted octanol–water partition coefficient (Wildman–Crippen LogP) is 6.11. The van der Waals surface area contributed by atoms with Crippen molar-refractivity contribution >= 4 is 56.0 Å². The topological polar surface area (TPSA) is 99.6 Å². The molecule has 0 fully saturated rings. The van der Waals surface area contributed by atoms with E-state index in [1.54, 1.807) is 32.6 Å². The van der Waals surface area contributed by atoms with Gasteiger partial charge in [0, 0.05) is 29.9 Å². The number of methoxy groups -OCH3 is 1. The number of pyridine rings is 1. The van der Waals surface area contributed by atoms with E-state index in [1.807, 2.05) is 38.1 Å². The van der Waals surface area contributed by atoms with Crippen LogP contribution in [0.2, 0.25) is 5.02 Å². The van der Waals surface area contributed by atoms with Gasteiger partial charge >= 0.3 is 6.09 Å². The van der Waals surface area contributed by atoms with Crippen LogP contribution in [0.3, 0.4) is 0 Å². The molecule has 192 valence electrons. The van der Waals surface area contributed by atoms with Crippen molar-refractivity contribution in [3.05, 3.63) is 64.6 Å². The molecule has 11 heteroatoms. The zero-order valence-corrected chi connectivity index (χ0v) is 22.6. The number of carbonyl (C=O) groups excluding carboxylic acids is 1. The van der Waals surface area contributed by atoms with E-state index >= 15 is 0 Å². The molecule has 0 spiro atoms. The first-order valence-electron chi connectivity index (χ1n) is 11.8. The van der Waals surface area contributed by atoms with Crippen LogP contribution in [0, 0.1) is 13.8 Å². The minimum Gasteiger partial charge on any atom is -0.480 e. The van der Waals surface area contributed by atoms with E-state index in [-0.39, 0.29) is 0 Å². The van der Waals surface area contributed by atoms with Crippen LogP contribution in [0.4, 0.5) is 10.5 Å². The fraction of sp³-hybridized carbons (Fsp3) is 0.222. The van der Waals surface area contributed by atoms with Gasteiger partial charge in [-0.1, -0.05) is 11.6 Å². The highest BCUT2D eigenvalue weighted by atomic mass is 35.5. The molecule has 5 aromatic rings. The van der Waals surface area contributed by atoms with Crippen LogP contribution >= 0.6 is 22.9 Å². The van der Waals surface area contributed by atoms with Crippen LogP contribution in [0.25, 0.3) is 31.8 Å². The van der Waals surface area contributed by atoms with Gasteiger partial charge in [0.2, 0.25) is 12.2 Å². The van der Waals surface area contributed by atoms with Crippen molar-refractivity contribution in [1.29, 1.82) is 0 Å². The summed E-state index contributed by atoms with van der Waals surface area (Å²) >= 11 is 8.12. The zero-order valence-electron chi connectivity index (χ0n) is 21.0. The van der Waals surface area contributed by atoms with Crippen molar-refractivity contribution in [2.24, 2.45) is 0 Å². The van der Waals surface area contributed by atoms with Gasteiger partial charge in [0.1, 0.15) is 16.3 Å². The van der Waals surface area contributed by atoms with Gasteiger partial charge in [-0.05, 0) is 43.7 Å². The molecular formula is C27H22ClN5O4S. The number of hydrogen-bond acceptors (Lipinski definition) is 9. The number of carbonyl (C=O) groups is 1. The standard InChI is InChI=1S/C27H22ClN5O4S/c1-13-7-17(23-19(8-13)31-21(35-4)12-30-23)26-32-24-18(28)10-20-16(25(24)38-26)9-22(36-20)37-27(34)33(3)15-6-5-14(2)29-11-15/h5-8,10-12,22H,9H2,1-4H3/t22-/m1/s1. The minimum absolute atomic E-state index is 0.377. The minimum atomic E-state index is -0.788. The van der Waals surface area contributed by atoms with Gasteiger partial charge < -0.3 is 14.2 Å². The molecule has 9 nitrogen and oxygen atoms in total. The van der Waals surface area contributed by atoms with E-state index in [0.29, 0.717) is 34.3 Å². The molecule has 38 heavy (non-hydrogen) atoms. The van der Waals surface area contributed by atoms with E-state index in [9.17, 15) is 4.79 Å². The summed E-state index contributed by atoms with van der Waals surface area (Å²) < 4.78 is 17.8. The Balaban J connectivity index is 1.32. The zero-order chi connectivity index (χ0) is 26.6. The van der Waals surface area contributed by atoms with Crippen LogP contribution in [-0.2, 0) is 11.2 Å². The summed E-state index contributed by atoms with van der Waals surface area (Å²) in [6, 6.07) is 9.37. The van der Waals surface area contributed by atoms with Crippen LogP contribution in [0.5, 0.6) is 11.6 Å². The van der Waals surface area contributed by atoms with E-state index in [4.69, 9.17) is 30.8 Å². The van der Waals surface area contributed by atoms with E-state index in [1.165, 1.54) is 16.2 Å². The molecule has 3 aromatic heterocycles. The Bertz CT molecular complexity index is 1720. The molecule has 1 amide bonds. The normalized spacial score (nSPS) is 14.4. The number of anilines is 1. The van der Waals surface area contributed by atoms with Gasteiger partial charge in [0.05, 0.1) is 52.4 Å². The molecule has 1 atom stereocenters. The summed E-state index contributed by atoms with van der Waals surface area (Å²) in [6.07, 6.45) is 2.26. The SMILES string of the molecule is COc1cnc2c(-c3nc4c(Cl)cc5c(c4s3)C[C@@H](OC(=O)N(C)c3ccc(C)nc3)O5)cc(C)cc2n1. The number of rotatable bonds is 4. The third kappa shape index (κ3) is 4.25. The quantitative estimate of drug-likeness (QED) is 0.265. The Morgan fingerprint density at radius 1 is 1.13 bits per heavy atom. The van der Waals surface area contributed by atoms with Gasteiger partial charge in [-0.2, -0.15) is 0 Å². The largest absolute Gasteiger partial charge is 0.480 e. The van der Waals surface area contributed by atoms with Crippen LogP contribution < -0.4 is 14.4 Å². The fourth-order valence-corrected chi connectivity index (χ4v) is 5.81. The van der Waals surface area contributed by atoms with Crippen molar-refractivity contribution in [2.45, 2.75) is 26.6 Å². The lowest BCUT2D eigenvalue weighted by atomic mass is 10.1. The van der Waals surface area contributed by atoms with Gasteiger partial charge in [-0.3, -0.25) is 9.88 Å². The van der Waals surface area contributed by atoms with Crippen molar-refractivity contribution < 1.29 is 19.0 Å². The van der Waals surface area contributed by atoms with Crippen LogP contribution in [0.1, 0.15) is 16.8 Å². The molecule has 4 heterocycles. The van der Waals surface area contributed by atoms with Crippen molar-refractivity contribution in [3.8, 4) is 22.2 Å². The molecule has 0 radical (unpaired) electrons. The summed E-state index contributed by atoms with van der Waals surface area (Å²) in [4.78, 5) is 32.4. The number of halogens is 1. The maximum Gasteiger partial charge on any atom is 0.417 e. The number of aromatic nitrogens is 4. The Morgan fingerprint density at radius 3 is 2.74 bits per heavy atom. The first kappa shape index (κ1) is 24.3. The lowest BCUT2D eigenvalue weighted by Crippen LogP contribution is -2.32. The highest BCUT2D eigenvalue weighted by Gasteiger charge is 2.32. The second kappa shape index (κ2) is 9.38. The number of thiazole rings is 1. The maximum atomic E-state index is 12.8. The first-order valence-corrected chi connectivity index (χ1v) is 13.0. The first-order chi connectivity index (χ1) is 18.3. The third-order valence-corrected chi connectivity index (χ3v) is 7.75. The Kier molecular flexibility index (Phi) is 6.00. The molecule has 2 aromatic carbocycles. The monoisotopic (exact) mass is 547 g/mol. The molecule has 0 aliphatic carbocycles. The summed E-state index contributed by atoms with van der Waals surface area (Å²) in [6.45, 7) is 3.88. The molecule has 1 aliphatic rings. The molecule has 1 aliphatic heterocycles. The van der Waals surface area contributed by atoms with Crippen LogP contribution in [0.15, 0.2) is 42.7 Å². The van der Waals surface area contributed by atoms with Crippen molar-refractivity contribution in [3.63, 3.8) is 0 Å². The van der Waals surface area contributed by atoms with E-state index < -0.39 is 12.4 Å². The summed E-state index contributed by atoms with van der Waals surface area (Å²) in [5, 5.41) is 1.22. The molecule has 0 N–H and O–H groups in total. The highest BCUT2D eigenvalue weighted by Crippen LogP contribution is 2.44. The molecule has 0 unspecified atom stereocenters. The summed E-state index contributed by atoms with van der Waals surface area (Å²) in [5.74, 6) is 1.02. The summed E-state index contributed by atoms with van der Waals surface area (Å²) in [7, 11) is 3.19. The lowest BCUT2D eigenvalue weighted by Gasteiger charge is -2.19. The number of ether oxygens (including phenoxy) is 3. The van der Waals surface area contributed by atoms with E-state index in [0.717, 1.165) is 43.1 Å². The van der Waals surface area contributed by atoms with Gasteiger partial charge in [0.15, 0.2) is 0 Å². The van der Waals surface area contributed by atoms with Crippen molar-refractivity contribution in [2.75, 3.05) is 19.1 Å². The van der Waals surface area contributed by atoms with E-state index in [2.05, 4.69) is 15.0 Å². The number of aryl methyl sites for hydroxylation is 2. The Labute approximate surface area is 227 Å². The molecule has 6 rings (SSSR count). The molecule has 0 saturated carbocycles. The number of amides is 1. The predicted molar refractivity (Wildman–Crippen MR) is 146 cm³/mol. The average molecular weight is 548 g/mol. The van der Waals surface area contributed by atoms with Crippen molar-refractivity contribution in [1.82, 2.24) is 19.9 Å². The fourth-order valence-electron chi connectivity index (χ4n) is 4.36. The number of nitrogens with zero attached hydrogens (tertiary/aromatic N) is 5. The number of hydrogen-bond donors (Lipinski definition) is 0. The van der Waals surface area contributed by atoms with Gasteiger partial charge in [0.25, 0.3) is 0 Å². The molecular weight excluding hydrogens is 526 g/mol. The number of benzene rings is 2.